The van der Waals surface area contributed by atoms with E-state index in [1.54, 1.807) is 0 Å². The fraction of sp³-hybridized carbons (Fsp3) is 0.0870. The molecular weight excluding hydrogens is 409 g/mol. The van der Waals surface area contributed by atoms with E-state index in [-0.39, 0.29) is 0 Å². The Bertz CT molecular complexity index is 752. The SMILES string of the molecule is N#CC/C=C\[CH2][Sn]([c]1ccccc1)([c]1ccccc1)[c]1ccccc1. The van der Waals surface area contributed by atoms with Gasteiger partial charge in [-0.1, -0.05) is 0 Å². The van der Waals surface area contributed by atoms with Gasteiger partial charge in [0.25, 0.3) is 0 Å². The van der Waals surface area contributed by atoms with Crippen molar-refractivity contribution < 1.29 is 0 Å². The first-order valence-electron chi connectivity index (χ1n) is 8.56. The van der Waals surface area contributed by atoms with Crippen molar-refractivity contribution in [3.05, 3.63) is 103 Å². The first-order valence-corrected chi connectivity index (χ1v) is 14.9. The Morgan fingerprint density at radius 3 is 1.40 bits per heavy atom. The molecule has 3 rings (SSSR count). The summed E-state index contributed by atoms with van der Waals surface area (Å²) < 4.78 is 5.43. The fourth-order valence-corrected chi connectivity index (χ4v) is 16.3. The van der Waals surface area contributed by atoms with E-state index in [4.69, 9.17) is 5.26 Å². The average Bonchev–Trinajstić information content (AvgIpc) is 2.70. The minimum atomic E-state index is -3.14. The molecule has 25 heavy (non-hydrogen) atoms. The van der Waals surface area contributed by atoms with Crippen molar-refractivity contribution in [1.29, 1.82) is 5.26 Å². The van der Waals surface area contributed by atoms with Crippen molar-refractivity contribution in [2.75, 3.05) is 0 Å². The molecule has 0 N–H and O–H groups in total. The van der Waals surface area contributed by atoms with Crippen molar-refractivity contribution in [2.45, 2.75) is 10.9 Å². The zero-order chi connectivity index (χ0) is 17.4. The zero-order valence-corrected chi connectivity index (χ0v) is 17.0. The molecule has 0 atom stereocenters. The summed E-state index contributed by atoms with van der Waals surface area (Å²) in [5, 5.41) is 8.86. The number of benzene rings is 3. The topological polar surface area (TPSA) is 23.8 Å². The Balaban J connectivity index is 2.22. The van der Waals surface area contributed by atoms with Crippen LogP contribution in [0.5, 0.6) is 0 Å². The summed E-state index contributed by atoms with van der Waals surface area (Å²) in [6.07, 6.45) is 4.72. The maximum absolute atomic E-state index is 8.86. The van der Waals surface area contributed by atoms with Crippen LogP contribution in [-0.4, -0.2) is 18.4 Å². The molecule has 0 amide bonds. The molecule has 3 aromatic carbocycles. The fourth-order valence-electron chi connectivity index (χ4n) is 3.42. The Hall–Kier alpha value is -2.31. The van der Waals surface area contributed by atoms with E-state index in [2.05, 4.69) is 103 Å². The molecule has 0 radical (unpaired) electrons. The molecule has 0 aliphatic rings. The summed E-state index contributed by atoms with van der Waals surface area (Å²) >= 11 is -3.14. The van der Waals surface area contributed by atoms with E-state index in [1.807, 2.05) is 6.08 Å². The van der Waals surface area contributed by atoms with Crippen LogP contribution in [0.25, 0.3) is 0 Å². The van der Waals surface area contributed by atoms with E-state index >= 15 is 0 Å². The third-order valence-electron chi connectivity index (χ3n) is 4.60. The van der Waals surface area contributed by atoms with Crippen LogP contribution in [0, 0.1) is 11.3 Å². The van der Waals surface area contributed by atoms with Gasteiger partial charge >= 0.3 is 154 Å². The standard InChI is InChI=1S/3C6H5.C5H6N.Sn/c3*1-2-4-6-5-3-1;1-2-3-4-5-6;/h3*1-5H;2-3H,1,4H2;/b;;;3-2-;. The van der Waals surface area contributed by atoms with E-state index in [9.17, 15) is 0 Å². The van der Waals surface area contributed by atoms with E-state index < -0.39 is 18.4 Å². The van der Waals surface area contributed by atoms with E-state index in [0.29, 0.717) is 6.42 Å². The molecule has 122 valence electrons. The number of rotatable bonds is 6. The van der Waals surface area contributed by atoms with Crippen LogP contribution in [0.3, 0.4) is 0 Å². The molecule has 0 fully saturated rings. The number of nitriles is 1. The van der Waals surface area contributed by atoms with Crippen LogP contribution in [0.4, 0.5) is 0 Å². The molecule has 0 saturated heterocycles. The molecule has 1 nitrogen and oxygen atoms in total. The Kier molecular flexibility index (Phi) is 6.08. The molecule has 3 aromatic rings. The number of allylic oxidation sites excluding steroid dienone is 2. The molecule has 0 spiro atoms. The van der Waals surface area contributed by atoms with Crippen LogP contribution in [0.2, 0.25) is 4.44 Å². The van der Waals surface area contributed by atoms with Gasteiger partial charge in [-0.25, -0.2) is 0 Å². The Labute approximate surface area is 154 Å². The monoisotopic (exact) mass is 431 g/mol. The van der Waals surface area contributed by atoms with Crippen LogP contribution < -0.4 is 10.7 Å². The average molecular weight is 430 g/mol. The molecule has 0 aliphatic carbocycles. The van der Waals surface area contributed by atoms with Crippen molar-refractivity contribution in [1.82, 2.24) is 0 Å². The molecule has 0 bridgehead atoms. The Morgan fingerprint density at radius 2 is 1.04 bits per heavy atom. The van der Waals surface area contributed by atoms with Gasteiger partial charge < -0.3 is 0 Å². The van der Waals surface area contributed by atoms with Gasteiger partial charge in [-0.05, 0) is 0 Å². The third-order valence-corrected chi connectivity index (χ3v) is 18.3. The summed E-state index contributed by atoms with van der Waals surface area (Å²) in [6, 6.07) is 35.0. The van der Waals surface area contributed by atoms with Crippen LogP contribution in [0.1, 0.15) is 6.42 Å². The molecule has 0 unspecified atom stereocenters. The second-order valence-electron chi connectivity index (χ2n) is 6.04. The molecule has 2 heteroatoms. The minimum absolute atomic E-state index is 0.473. The van der Waals surface area contributed by atoms with Crippen molar-refractivity contribution in [3.63, 3.8) is 0 Å². The molecule has 0 heterocycles. The second-order valence-corrected chi connectivity index (χ2v) is 17.3. The molecular formula is C23H21NSn. The van der Waals surface area contributed by atoms with Gasteiger partial charge in [0.05, 0.1) is 0 Å². The van der Waals surface area contributed by atoms with Crippen LogP contribution in [-0.2, 0) is 0 Å². The summed E-state index contributed by atoms with van der Waals surface area (Å²) in [6.45, 7) is 0. The first-order chi connectivity index (χ1) is 12.4. The summed E-state index contributed by atoms with van der Waals surface area (Å²) in [7, 11) is 0. The summed E-state index contributed by atoms with van der Waals surface area (Å²) in [5.74, 6) is 0. The maximum atomic E-state index is 8.86. The summed E-state index contributed by atoms with van der Waals surface area (Å²) in [4.78, 5) is 0. The Morgan fingerprint density at radius 1 is 0.640 bits per heavy atom. The molecule has 0 aliphatic heterocycles. The second kappa shape index (κ2) is 8.69. The predicted octanol–water partition coefficient (Wildman–Crippen LogP) is 3.63. The predicted molar refractivity (Wildman–Crippen MR) is 108 cm³/mol. The van der Waals surface area contributed by atoms with Gasteiger partial charge in [0.1, 0.15) is 0 Å². The van der Waals surface area contributed by atoms with Gasteiger partial charge in [0, 0.05) is 0 Å². The summed E-state index contributed by atoms with van der Waals surface area (Å²) in [5.41, 5.74) is 0. The van der Waals surface area contributed by atoms with Crippen molar-refractivity contribution >= 4 is 29.1 Å². The number of hydrogen-bond donors (Lipinski definition) is 0. The third kappa shape index (κ3) is 3.86. The molecule has 0 aromatic heterocycles. The van der Waals surface area contributed by atoms with Gasteiger partial charge in [-0.3, -0.25) is 0 Å². The van der Waals surface area contributed by atoms with Gasteiger partial charge in [-0.15, -0.1) is 0 Å². The number of hydrogen-bond acceptors (Lipinski definition) is 1. The van der Waals surface area contributed by atoms with Gasteiger partial charge in [-0.2, -0.15) is 0 Å². The van der Waals surface area contributed by atoms with Gasteiger partial charge in [0.15, 0.2) is 0 Å². The molecule has 0 saturated carbocycles. The van der Waals surface area contributed by atoms with Crippen molar-refractivity contribution in [2.24, 2.45) is 0 Å². The normalized spacial score (nSPS) is 11.3. The van der Waals surface area contributed by atoms with Crippen LogP contribution in [0.15, 0.2) is 103 Å². The van der Waals surface area contributed by atoms with E-state index in [0.717, 1.165) is 4.44 Å². The van der Waals surface area contributed by atoms with Crippen molar-refractivity contribution in [3.8, 4) is 6.07 Å². The van der Waals surface area contributed by atoms with Gasteiger partial charge in [0.2, 0.25) is 0 Å². The van der Waals surface area contributed by atoms with E-state index in [1.165, 1.54) is 10.7 Å². The zero-order valence-electron chi connectivity index (χ0n) is 14.2. The quantitative estimate of drug-likeness (QED) is 0.433. The first kappa shape index (κ1) is 17.5. The van der Waals surface area contributed by atoms with Crippen LogP contribution >= 0.6 is 0 Å². The number of nitrogens with zero attached hydrogens (tertiary/aromatic N) is 1.